The fourth-order valence-corrected chi connectivity index (χ4v) is 4.35. The maximum absolute atomic E-state index is 13.5. The lowest BCUT2D eigenvalue weighted by Crippen LogP contribution is -2.58. The van der Waals surface area contributed by atoms with Crippen LogP contribution in [-0.2, 0) is 36.8 Å². The molecule has 0 spiro atoms. The lowest BCUT2D eigenvalue weighted by molar-refractivity contribution is -0.142. The van der Waals surface area contributed by atoms with Crippen LogP contribution in [0.25, 0.3) is 10.9 Å². The summed E-state index contributed by atoms with van der Waals surface area (Å²) in [5.74, 6) is -5.05. The molecule has 0 saturated heterocycles. The molecular formula is C29H35N5O8. The molecular weight excluding hydrogens is 546 g/mol. The van der Waals surface area contributed by atoms with Crippen molar-refractivity contribution in [1.29, 1.82) is 0 Å². The number of hydrogen-bond donors (Lipinski definition) is 8. The molecule has 13 heteroatoms. The standard InChI is InChI=1S/C29H35N5O8/c1-16(35)25(30)28(40)32-21(11-12-24(36)37)26(38)33-22(13-17-7-3-2-4-8-17)27(39)34-23(29(41)42)14-18-15-31-20-10-6-5-9-19(18)20/h2-10,15-16,21-23,25,31,35H,11-14,30H2,1H3,(H,32,40)(H,33,38)(H,34,39)(H,36,37)(H,41,42). The van der Waals surface area contributed by atoms with Crippen molar-refractivity contribution >= 4 is 40.6 Å². The van der Waals surface area contributed by atoms with Crippen LogP contribution in [0.3, 0.4) is 0 Å². The Bertz CT molecular complexity index is 1410. The number of carboxylic acid groups (broad SMARTS) is 2. The number of benzene rings is 2. The van der Waals surface area contributed by atoms with E-state index in [9.17, 15) is 34.2 Å². The Kier molecular flexibility index (Phi) is 11.2. The SMILES string of the molecule is CC(O)C(N)C(=O)NC(CCC(=O)O)C(=O)NC(Cc1ccccc1)C(=O)NC(Cc1c[nH]c2ccccc12)C(=O)O. The first kappa shape index (κ1) is 31.8. The van der Waals surface area contributed by atoms with Crippen LogP contribution in [0.5, 0.6) is 0 Å². The molecule has 1 aromatic heterocycles. The van der Waals surface area contributed by atoms with Gasteiger partial charge in [0, 0.05) is 36.4 Å². The molecule has 3 aromatic rings. The van der Waals surface area contributed by atoms with Crippen LogP contribution in [0, 0.1) is 0 Å². The van der Waals surface area contributed by atoms with Gasteiger partial charge < -0.3 is 42.0 Å². The molecule has 0 aliphatic rings. The maximum atomic E-state index is 13.5. The van der Waals surface area contributed by atoms with E-state index < -0.39 is 66.4 Å². The minimum Gasteiger partial charge on any atom is -0.481 e. The smallest absolute Gasteiger partial charge is 0.326 e. The number of aromatic nitrogens is 1. The van der Waals surface area contributed by atoms with Gasteiger partial charge in [0.15, 0.2) is 0 Å². The second-order valence-electron chi connectivity index (χ2n) is 9.97. The molecule has 0 radical (unpaired) electrons. The monoisotopic (exact) mass is 581 g/mol. The predicted octanol–water partition coefficient (Wildman–Crippen LogP) is 0.0650. The predicted molar refractivity (Wildman–Crippen MR) is 152 cm³/mol. The summed E-state index contributed by atoms with van der Waals surface area (Å²) in [6.45, 7) is 1.28. The second-order valence-corrected chi connectivity index (χ2v) is 9.97. The lowest BCUT2D eigenvalue weighted by Gasteiger charge is -2.25. The average Bonchev–Trinajstić information content (AvgIpc) is 3.36. The Morgan fingerprint density at radius 3 is 2.05 bits per heavy atom. The summed E-state index contributed by atoms with van der Waals surface area (Å²) < 4.78 is 0. The Morgan fingerprint density at radius 1 is 0.810 bits per heavy atom. The van der Waals surface area contributed by atoms with Crippen LogP contribution in [0.2, 0.25) is 0 Å². The van der Waals surface area contributed by atoms with Gasteiger partial charge in [-0.15, -0.1) is 0 Å². The molecule has 3 rings (SSSR count). The van der Waals surface area contributed by atoms with Gasteiger partial charge >= 0.3 is 11.9 Å². The highest BCUT2D eigenvalue weighted by Gasteiger charge is 2.31. The summed E-state index contributed by atoms with van der Waals surface area (Å²) >= 11 is 0. The number of nitrogens with two attached hydrogens (primary N) is 1. The van der Waals surface area contributed by atoms with Gasteiger partial charge in [-0.1, -0.05) is 48.5 Å². The van der Waals surface area contributed by atoms with E-state index in [-0.39, 0.29) is 19.3 Å². The quantitative estimate of drug-likeness (QED) is 0.121. The van der Waals surface area contributed by atoms with E-state index in [1.54, 1.807) is 36.5 Å². The van der Waals surface area contributed by atoms with Gasteiger partial charge in [-0.25, -0.2) is 4.79 Å². The van der Waals surface area contributed by atoms with Crippen molar-refractivity contribution in [3.8, 4) is 0 Å². The molecule has 3 amide bonds. The van der Waals surface area contributed by atoms with Crippen molar-refractivity contribution < 1.29 is 39.3 Å². The number of aliphatic carboxylic acids is 2. The minimum atomic E-state index is -1.40. The lowest BCUT2D eigenvalue weighted by atomic mass is 10.0. The highest BCUT2D eigenvalue weighted by molar-refractivity contribution is 5.94. The number of aromatic amines is 1. The molecule has 2 aromatic carbocycles. The van der Waals surface area contributed by atoms with Crippen LogP contribution < -0.4 is 21.7 Å². The van der Waals surface area contributed by atoms with Crippen molar-refractivity contribution in [2.45, 2.75) is 62.9 Å². The summed E-state index contributed by atoms with van der Waals surface area (Å²) in [4.78, 5) is 65.6. The number of hydrogen-bond acceptors (Lipinski definition) is 7. The van der Waals surface area contributed by atoms with Crippen molar-refractivity contribution in [3.63, 3.8) is 0 Å². The number of aliphatic hydroxyl groups excluding tert-OH is 1. The zero-order chi connectivity index (χ0) is 30.8. The number of nitrogens with one attached hydrogen (secondary N) is 4. The molecule has 42 heavy (non-hydrogen) atoms. The van der Waals surface area contributed by atoms with Gasteiger partial charge in [-0.3, -0.25) is 19.2 Å². The van der Waals surface area contributed by atoms with Crippen molar-refractivity contribution in [1.82, 2.24) is 20.9 Å². The molecule has 0 fully saturated rings. The van der Waals surface area contributed by atoms with Gasteiger partial charge in [0.05, 0.1) is 6.10 Å². The molecule has 0 aliphatic carbocycles. The number of carbonyl (C=O) groups is 5. The van der Waals surface area contributed by atoms with E-state index in [2.05, 4.69) is 20.9 Å². The normalized spacial score (nSPS) is 14.6. The number of rotatable bonds is 15. The Morgan fingerprint density at radius 2 is 1.40 bits per heavy atom. The number of fused-ring (bicyclic) bond motifs is 1. The van der Waals surface area contributed by atoms with Crippen LogP contribution in [0.4, 0.5) is 0 Å². The van der Waals surface area contributed by atoms with E-state index in [1.807, 2.05) is 24.3 Å². The molecule has 224 valence electrons. The van der Waals surface area contributed by atoms with Gasteiger partial charge in [0.1, 0.15) is 24.2 Å². The fourth-order valence-electron chi connectivity index (χ4n) is 4.35. The van der Waals surface area contributed by atoms with Crippen molar-refractivity contribution in [3.05, 3.63) is 71.9 Å². The summed E-state index contributed by atoms with van der Waals surface area (Å²) in [6, 6.07) is 10.6. The molecule has 13 nitrogen and oxygen atoms in total. The summed E-state index contributed by atoms with van der Waals surface area (Å²) in [6.07, 6.45) is -0.434. The number of amides is 3. The molecule has 5 unspecified atom stereocenters. The minimum absolute atomic E-state index is 0.0232. The Labute approximate surface area is 241 Å². The number of aliphatic hydroxyl groups is 1. The van der Waals surface area contributed by atoms with Gasteiger partial charge in [-0.2, -0.15) is 0 Å². The summed E-state index contributed by atoms with van der Waals surface area (Å²) in [5.41, 5.74) is 7.79. The average molecular weight is 582 g/mol. The van der Waals surface area contributed by atoms with E-state index in [0.717, 1.165) is 10.9 Å². The van der Waals surface area contributed by atoms with E-state index in [1.165, 1.54) is 6.92 Å². The third-order valence-electron chi connectivity index (χ3n) is 6.73. The molecule has 0 saturated carbocycles. The molecule has 9 N–H and O–H groups in total. The van der Waals surface area contributed by atoms with Crippen LogP contribution >= 0.6 is 0 Å². The molecule has 0 bridgehead atoms. The largest absolute Gasteiger partial charge is 0.481 e. The first-order valence-electron chi connectivity index (χ1n) is 13.3. The zero-order valence-electron chi connectivity index (χ0n) is 22.9. The number of H-pyrrole nitrogens is 1. The Balaban J connectivity index is 1.82. The summed E-state index contributed by atoms with van der Waals surface area (Å²) in [7, 11) is 0. The molecule has 0 aliphatic heterocycles. The first-order chi connectivity index (χ1) is 20.0. The van der Waals surface area contributed by atoms with Crippen molar-refractivity contribution in [2.24, 2.45) is 5.73 Å². The third kappa shape index (κ3) is 8.88. The highest BCUT2D eigenvalue weighted by Crippen LogP contribution is 2.19. The van der Waals surface area contributed by atoms with Crippen LogP contribution in [-0.4, -0.2) is 80.2 Å². The van der Waals surface area contributed by atoms with E-state index in [4.69, 9.17) is 10.8 Å². The zero-order valence-corrected chi connectivity index (χ0v) is 22.9. The van der Waals surface area contributed by atoms with Crippen LogP contribution in [0.1, 0.15) is 30.9 Å². The molecule has 5 atom stereocenters. The van der Waals surface area contributed by atoms with Crippen molar-refractivity contribution in [2.75, 3.05) is 0 Å². The Hall–Kier alpha value is -4.75. The third-order valence-corrected chi connectivity index (χ3v) is 6.73. The second kappa shape index (κ2) is 14.8. The number of para-hydroxylation sites is 1. The van der Waals surface area contributed by atoms with Gasteiger partial charge in [0.2, 0.25) is 17.7 Å². The topological polar surface area (TPSA) is 224 Å². The number of carboxylic acids is 2. The fraction of sp³-hybridized carbons (Fsp3) is 0.345. The van der Waals surface area contributed by atoms with Crippen LogP contribution in [0.15, 0.2) is 60.8 Å². The number of carbonyl (C=O) groups excluding carboxylic acids is 3. The highest BCUT2D eigenvalue weighted by atomic mass is 16.4. The summed E-state index contributed by atoms with van der Waals surface area (Å²) in [5, 5.41) is 36.9. The maximum Gasteiger partial charge on any atom is 0.326 e. The van der Waals surface area contributed by atoms with Gasteiger partial charge in [0.25, 0.3) is 0 Å². The first-order valence-corrected chi connectivity index (χ1v) is 13.3. The molecule has 1 heterocycles. The van der Waals surface area contributed by atoms with E-state index >= 15 is 0 Å². The van der Waals surface area contributed by atoms with Gasteiger partial charge in [-0.05, 0) is 30.5 Å². The van der Waals surface area contributed by atoms with E-state index in [0.29, 0.717) is 11.1 Å².